The van der Waals surface area contributed by atoms with Gasteiger partial charge in [0.25, 0.3) is 5.91 Å². The van der Waals surface area contributed by atoms with Crippen LogP contribution in [0.25, 0.3) is 10.9 Å². The van der Waals surface area contributed by atoms with Gasteiger partial charge in [-0.1, -0.05) is 6.92 Å². The second-order valence-electron chi connectivity index (χ2n) is 6.95. The first-order valence-electron chi connectivity index (χ1n) is 9.28. The van der Waals surface area contributed by atoms with Gasteiger partial charge in [-0.05, 0) is 68.5 Å². The molecule has 3 heterocycles. The van der Waals surface area contributed by atoms with E-state index in [9.17, 15) is 4.79 Å². The minimum Gasteiger partial charge on any atom is -0.322 e. The van der Waals surface area contributed by atoms with E-state index in [0.29, 0.717) is 11.5 Å². The second-order valence-corrected chi connectivity index (χ2v) is 7.73. The molecule has 2 N–H and O–H groups in total. The topological polar surface area (TPSA) is 61.0 Å². The van der Waals surface area contributed by atoms with Crippen LogP contribution in [0.15, 0.2) is 35.0 Å². The van der Waals surface area contributed by atoms with Crippen LogP contribution in [0.1, 0.15) is 48.2 Å². The number of thiophene rings is 1. The Labute approximate surface area is 157 Å². The molecule has 0 aliphatic carbocycles. The van der Waals surface area contributed by atoms with Crippen LogP contribution in [0, 0.1) is 0 Å². The fourth-order valence-electron chi connectivity index (χ4n) is 3.78. The van der Waals surface area contributed by atoms with E-state index in [1.807, 2.05) is 29.0 Å². The summed E-state index contributed by atoms with van der Waals surface area (Å²) >= 11 is 1.53. The Balaban J connectivity index is 1.53. The Morgan fingerprint density at radius 1 is 1.35 bits per heavy atom. The lowest BCUT2D eigenvalue weighted by molar-refractivity contribution is 0.102. The number of carbonyl (C=O) groups is 1. The normalized spacial score (nSPS) is 16.2. The molecule has 2 aromatic heterocycles. The number of benzene rings is 1. The summed E-state index contributed by atoms with van der Waals surface area (Å²) in [6.07, 6.45) is 3.52. The molecular weight excluding hydrogens is 344 g/mol. The lowest BCUT2D eigenvalue weighted by Crippen LogP contribution is -2.33. The highest BCUT2D eigenvalue weighted by atomic mass is 32.1. The van der Waals surface area contributed by atoms with Gasteiger partial charge >= 0.3 is 0 Å². The second kappa shape index (κ2) is 7.60. The van der Waals surface area contributed by atoms with Crippen molar-refractivity contribution in [3.05, 3.63) is 46.3 Å². The number of hydrogen-bond donors (Lipinski definition) is 2. The predicted molar refractivity (Wildman–Crippen MR) is 107 cm³/mol. The minimum atomic E-state index is -0.0662. The first kappa shape index (κ1) is 17.2. The Hall–Kier alpha value is -2.18. The predicted octanol–water partition coefficient (Wildman–Crippen LogP) is 4.47. The maximum Gasteiger partial charge on any atom is 0.256 e. The van der Waals surface area contributed by atoms with E-state index in [2.05, 4.69) is 33.4 Å². The molecule has 6 heteroatoms. The van der Waals surface area contributed by atoms with Crippen LogP contribution in [0.2, 0.25) is 0 Å². The molecule has 0 saturated carbocycles. The van der Waals surface area contributed by atoms with Gasteiger partial charge in [0.05, 0.1) is 11.1 Å². The maximum atomic E-state index is 12.3. The lowest BCUT2D eigenvalue weighted by atomic mass is 9.91. The van der Waals surface area contributed by atoms with Crippen molar-refractivity contribution in [2.75, 3.05) is 25.0 Å². The van der Waals surface area contributed by atoms with E-state index in [0.717, 1.165) is 42.5 Å². The van der Waals surface area contributed by atoms with Crippen molar-refractivity contribution in [1.82, 2.24) is 15.1 Å². The van der Waals surface area contributed by atoms with Gasteiger partial charge in [0, 0.05) is 28.1 Å². The van der Waals surface area contributed by atoms with Crippen molar-refractivity contribution in [2.45, 2.75) is 32.1 Å². The van der Waals surface area contributed by atoms with Crippen molar-refractivity contribution in [1.29, 1.82) is 0 Å². The van der Waals surface area contributed by atoms with Gasteiger partial charge in [-0.2, -0.15) is 16.4 Å². The van der Waals surface area contributed by atoms with E-state index >= 15 is 0 Å². The number of likely N-dealkylation sites (tertiary alicyclic amines) is 1. The molecule has 0 radical (unpaired) electrons. The van der Waals surface area contributed by atoms with Crippen molar-refractivity contribution < 1.29 is 4.79 Å². The van der Waals surface area contributed by atoms with Crippen molar-refractivity contribution in [3.63, 3.8) is 0 Å². The summed E-state index contributed by atoms with van der Waals surface area (Å²) < 4.78 is 0. The van der Waals surface area contributed by atoms with E-state index in [4.69, 9.17) is 0 Å². The van der Waals surface area contributed by atoms with Crippen molar-refractivity contribution >= 4 is 33.8 Å². The average Bonchev–Trinajstić information content (AvgIpc) is 3.32. The number of amides is 1. The van der Waals surface area contributed by atoms with Crippen molar-refractivity contribution in [3.8, 4) is 0 Å². The zero-order valence-electron chi connectivity index (χ0n) is 15.0. The number of H-pyrrole nitrogens is 1. The van der Waals surface area contributed by atoms with Gasteiger partial charge in [0.1, 0.15) is 0 Å². The van der Waals surface area contributed by atoms with Gasteiger partial charge < -0.3 is 10.2 Å². The van der Waals surface area contributed by atoms with Crippen molar-refractivity contribution in [2.24, 2.45) is 0 Å². The first-order valence-corrected chi connectivity index (χ1v) is 10.2. The molecule has 1 amide bonds. The largest absolute Gasteiger partial charge is 0.322 e. The Kier molecular flexibility index (Phi) is 5.04. The molecule has 1 aliphatic rings. The smallest absolute Gasteiger partial charge is 0.256 e. The molecule has 136 valence electrons. The van der Waals surface area contributed by atoms with Crippen LogP contribution in [0.5, 0.6) is 0 Å². The summed E-state index contributed by atoms with van der Waals surface area (Å²) in [6, 6.07) is 7.79. The fraction of sp³-hybridized carbons (Fsp3) is 0.400. The van der Waals surface area contributed by atoms with Crippen LogP contribution < -0.4 is 5.32 Å². The number of aromatic nitrogens is 2. The molecule has 1 saturated heterocycles. The third kappa shape index (κ3) is 3.52. The number of piperidine rings is 1. The van der Waals surface area contributed by atoms with Crippen LogP contribution >= 0.6 is 11.3 Å². The van der Waals surface area contributed by atoms with E-state index < -0.39 is 0 Å². The van der Waals surface area contributed by atoms with Crippen LogP contribution in [0.4, 0.5) is 5.69 Å². The van der Waals surface area contributed by atoms with Gasteiger partial charge in [-0.3, -0.25) is 9.89 Å². The molecule has 0 bridgehead atoms. The number of rotatable bonds is 5. The van der Waals surface area contributed by atoms with E-state index in [-0.39, 0.29) is 5.91 Å². The SMILES string of the molecule is CCCN1CCC(c2[nH]nc3ccc(NC(=O)c4ccsc4)cc23)CC1. The number of fused-ring (bicyclic) bond motifs is 1. The number of carbonyl (C=O) groups excluding carboxylic acids is 1. The third-order valence-corrected chi connectivity index (χ3v) is 5.84. The highest BCUT2D eigenvalue weighted by Gasteiger charge is 2.23. The molecule has 5 nitrogen and oxygen atoms in total. The van der Waals surface area contributed by atoms with Gasteiger partial charge in [-0.15, -0.1) is 0 Å². The number of hydrogen-bond acceptors (Lipinski definition) is 4. The lowest BCUT2D eigenvalue weighted by Gasteiger charge is -2.31. The maximum absolute atomic E-state index is 12.3. The fourth-order valence-corrected chi connectivity index (χ4v) is 4.41. The Morgan fingerprint density at radius 3 is 2.92 bits per heavy atom. The van der Waals surface area contributed by atoms with Crippen LogP contribution in [-0.4, -0.2) is 40.6 Å². The molecule has 26 heavy (non-hydrogen) atoms. The standard InChI is InChI=1S/C20H24N4OS/c1-2-8-24-9-5-14(6-10-24)19-17-12-16(3-4-18(17)22-23-19)21-20(25)15-7-11-26-13-15/h3-4,7,11-14H,2,5-6,8-10H2,1H3,(H,21,25)(H,22,23). The average molecular weight is 369 g/mol. The first-order chi connectivity index (χ1) is 12.7. The highest BCUT2D eigenvalue weighted by molar-refractivity contribution is 7.08. The summed E-state index contributed by atoms with van der Waals surface area (Å²) in [5.41, 5.74) is 3.69. The van der Waals surface area contributed by atoms with Crippen LogP contribution in [-0.2, 0) is 0 Å². The summed E-state index contributed by atoms with van der Waals surface area (Å²) in [5, 5.41) is 15.6. The molecular formula is C20H24N4OS. The molecule has 0 unspecified atom stereocenters. The van der Waals surface area contributed by atoms with Gasteiger partial charge in [0.15, 0.2) is 0 Å². The minimum absolute atomic E-state index is 0.0662. The summed E-state index contributed by atoms with van der Waals surface area (Å²) in [4.78, 5) is 14.8. The summed E-state index contributed by atoms with van der Waals surface area (Å²) in [6.45, 7) is 5.72. The molecule has 0 atom stereocenters. The Morgan fingerprint density at radius 2 is 2.19 bits per heavy atom. The van der Waals surface area contributed by atoms with E-state index in [1.54, 1.807) is 0 Å². The monoisotopic (exact) mass is 368 g/mol. The Bertz CT molecular complexity index is 878. The molecule has 1 aromatic carbocycles. The van der Waals surface area contributed by atoms with Gasteiger partial charge in [-0.25, -0.2) is 0 Å². The number of aromatic amines is 1. The molecule has 1 fully saturated rings. The van der Waals surface area contributed by atoms with E-state index in [1.165, 1.54) is 30.0 Å². The zero-order chi connectivity index (χ0) is 17.9. The van der Waals surface area contributed by atoms with Gasteiger partial charge in [0.2, 0.25) is 0 Å². The third-order valence-electron chi connectivity index (χ3n) is 5.16. The number of nitrogens with one attached hydrogen (secondary N) is 2. The number of nitrogens with zero attached hydrogens (tertiary/aromatic N) is 2. The number of anilines is 1. The summed E-state index contributed by atoms with van der Waals surface area (Å²) in [7, 11) is 0. The quantitative estimate of drug-likeness (QED) is 0.699. The zero-order valence-corrected chi connectivity index (χ0v) is 15.8. The molecule has 1 aliphatic heterocycles. The molecule has 0 spiro atoms. The molecule has 4 rings (SSSR count). The van der Waals surface area contributed by atoms with Crippen LogP contribution in [0.3, 0.4) is 0 Å². The summed E-state index contributed by atoms with van der Waals surface area (Å²) in [5.74, 6) is 0.444. The molecule has 3 aromatic rings. The highest BCUT2D eigenvalue weighted by Crippen LogP contribution is 2.32.